The first kappa shape index (κ1) is 12.6. The normalized spacial score (nSPS) is 17.4. The zero-order valence-electron chi connectivity index (χ0n) is 10.9. The SMILES string of the molecule is Cc1nn(C)cc1CNC(=O)C1(C#N)CCCC1. The van der Waals surface area contributed by atoms with E-state index in [9.17, 15) is 10.1 Å². The minimum Gasteiger partial charge on any atom is -0.351 e. The van der Waals surface area contributed by atoms with Crippen LogP contribution < -0.4 is 5.32 Å². The van der Waals surface area contributed by atoms with Crippen LogP contribution in [0, 0.1) is 23.7 Å². The zero-order valence-corrected chi connectivity index (χ0v) is 10.9. The van der Waals surface area contributed by atoms with Gasteiger partial charge in [-0.3, -0.25) is 9.48 Å². The number of aryl methyl sites for hydroxylation is 2. The maximum absolute atomic E-state index is 12.1. The molecule has 0 spiro atoms. The Hall–Kier alpha value is -1.83. The highest BCUT2D eigenvalue weighted by atomic mass is 16.2. The van der Waals surface area contributed by atoms with Gasteiger partial charge >= 0.3 is 0 Å². The Balaban J connectivity index is 2.00. The predicted octanol–water partition coefficient (Wildman–Crippen LogP) is 1.43. The summed E-state index contributed by atoms with van der Waals surface area (Å²) in [6.45, 7) is 2.36. The van der Waals surface area contributed by atoms with Gasteiger partial charge in [-0.05, 0) is 19.8 Å². The fourth-order valence-corrected chi connectivity index (χ4v) is 2.54. The number of aromatic nitrogens is 2. The number of amides is 1. The topological polar surface area (TPSA) is 70.7 Å². The van der Waals surface area contributed by atoms with E-state index in [0.29, 0.717) is 19.4 Å². The molecule has 5 heteroatoms. The van der Waals surface area contributed by atoms with Crippen molar-refractivity contribution < 1.29 is 4.79 Å². The molecule has 1 aromatic rings. The first-order chi connectivity index (χ1) is 8.57. The van der Waals surface area contributed by atoms with Gasteiger partial charge in [-0.25, -0.2) is 0 Å². The fourth-order valence-electron chi connectivity index (χ4n) is 2.54. The molecule has 1 aromatic heterocycles. The van der Waals surface area contributed by atoms with Crippen molar-refractivity contribution in [3.8, 4) is 6.07 Å². The molecule has 0 unspecified atom stereocenters. The zero-order chi connectivity index (χ0) is 13.2. The Morgan fingerprint density at radius 2 is 2.28 bits per heavy atom. The van der Waals surface area contributed by atoms with E-state index in [1.807, 2.05) is 20.2 Å². The molecule has 0 aromatic carbocycles. The summed E-state index contributed by atoms with van der Waals surface area (Å²) in [5.41, 5.74) is 1.11. The Morgan fingerprint density at radius 1 is 1.61 bits per heavy atom. The smallest absolute Gasteiger partial charge is 0.240 e. The number of hydrogen-bond acceptors (Lipinski definition) is 3. The monoisotopic (exact) mass is 246 g/mol. The summed E-state index contributed by atoms with van der Waals surface area (Å²) >= 11 is 0. The van der Waals surface area contributed by atoms with Gasteiger partial charge in [-0.1, -0.05) is 12.8 Å². The average molecular weight is 246 g/mol. The first-order valence-corrected chi connectivity index (χ1v) is 6.26. The van der Waals surface area contributed by atoms with E-state index in [0.717, 1.165) is 24.1 Å². The molecule has 18 heavy (non-hydrogen) atoms. The maximum atomic E-state index is 12.1. The van der Waals surface area contributed by atoms with Crippen LogP contribution in [0.5, 0.6) is 0 Å². The molecule has 1 saturated carbocycles. The lowest BCUT2D eigenvalue weighted by Crippen LogP contribution is -2.37. The molecule has 1 amide bonds. The molecule has 96 valence electrons. The van der Waals surface area contributed by atoms with E-state index >= 15 is 0 Å². The Labute approximate surface area is 107 Å². The largest absolute Gasteiger partial charge is 0.351 e. The van der Waals surface area contributed by atoms with Gasteiger partial charge in [0.25, 0.3) is 0 Å². The molecule has 0 bridgehead atoms. The van der Waals surface area contributed by atoms with E-state index in [4.69, 9.17) is 0 Å². The van der Waals surface area contributed by atoms with E-state index in [2.05, 4.69) is 16.5 Å². The number of carbonyl (C=O) groups excluding carboxylic acids is 1. The summed E-state index contributed by atoms with van der Waals surface area (Å²) in [5, 5.41) is 16.3. The number of nitriles is 1. The van der Waals surface area contributed by atoms with Crippen molar-refractivity contribution in [3.63, 3.8) is 0 Å². The van der Waals surface area contributed by atoms with E-state index < -0.39 is 5.41 Å². The summed E-state index contributed by atoms with van der Waals surface area (Å²) in [6.07, 6.45) is 5.19. The van der Waals surface area contributed by atoms with Crippen LogP contribution in [0.4, 0.5) is 0 Å². The van der Waals surface area contributed by atoms with Crippen LogP contribution in [0.2, 0.25) is 0 Å². The molecular weight excluding hydrogens is 228 g/mol. The van der Waals surface area contributed by atoms with Crippen molar-refractivity contribution in [1.29, 1.82) is 5.26 Å². The van der Waals surface area contributed by atoms with Gasteiger partial charge in [-0.15, -0.1) is 0 Å². The van der Waals surface area contributed by atoms with Gasteiger partial charge in [0, 0.05) is 25.4 Å². The van der Waals surface area contributed by atoms with Crippen LogP contribution in [-0.2, 0) is 18.4 Å². The summed E-state index contributed by atoms with van der Waals surface area (Å²) in [6, 6.07) is 2.20. The number of rotatable bonds is 3. The minimum atomic E-state index is -0.796. The number of nitrogens with one attached hydrogen (secondary N) is 1. The second-order valence-corrected chi connectivity index (χ2v) is 5.00. The van der Waals surface area contributed by atoms with Crippen molar-refractivity contribution in [2.45, 2.75) is 39.2 Å². The average Bonchev–Trinajstić information content (AvgIpc) is 2.94. The molecule has 5 nitrogen and oxygen atoms in total. The van der Waals surface area contributed by atoms with E-state index in [1.54, 1.807) is 4.68 Å². The molecule has 0 aliphatic heterocycles. The van der Waals surface area contributed by atoms with Crippen molar-refractivity contribution in [3.05, 3.63) is 17.5 Å². The summed E-state index contributed by atoms with van der Waals surface area (Å²) in [5.74, 6) is -0.134. The Kier molecular flexibility index (Phi) is 3.37. The lowest BCUT2D eigenvalue weighted by Gasteiger charge is -2.18. The van der Waals surface area contributed by atoms with Crippen LogP contribution in [0.3, 0.4) is 0 Å². The lowest BCUT2D eigenvalue weighted by atomic mass is 9.87. The lowest BCUT2D eigenvalue weighted by molar-refractivity contribution is -0.128. The summed E-state index contributed by atoms with van der Waals surface area (Å²) in [4.78, 5) is 12.1. The van der Waals surface area contributed by atoms with Crippen LogP contribution in [-0.4, -0.2) is 15.7 Å². The van der Waals surface area contributed by atoms with Crippen LogP contribution >= 0.6 is 0 Å². The fraction of sp³-hybridized carbons (Fsp3) is 0.615. The standard InChI is InChI=1S/C13H18N4O/c1-10-11(8-17(2)16-10)7-15-12(18)13(9-14)5-3-4-6-13/h8H,3-7H2,1-2H3,(H,15,18). The second kappa shape index (κ2) is 4.81. The molecule has 1 fully saturated rings. The third-order valence-corrected chi connectivity index (χ3v) is 3.66. The molecule has 1 aliphatic rings. The number of nitrogens with zero attached hydrogens (tertiary/aromatic N) is 3. The highest BCUT2D eigenvalue weighted by Gasteiger charge is 2.41. The third kappa shape index (κ3) is 2.23. The predicted molar refractivity (Wildman–Crippen MR) is 66.3 cm³/mol. The van der Waals surface area contributed by atoms with Crippen molar-refractivity contribution in [2.24, 2.45) is 12.5 Å². The third-order valence-electron chi connectivity index (χ3n) is 3.66. The van der Waals surface area contributed by atoms with Crippen molar-refractivity contribution in [2.75, 3.05) is 0 Å². The van der Waals surface area contributed by atoms with Crippen LogP contribution in [0.1, 0.15) is 36.9 Å². The molecule has 0 radical (unpaired) electrons. The maximum Gasteiger partial charge on any atom is 0.240 e. The molecule has 1 heterocycles. The molecule has 1 N–H and O–H groups in total. The summed E-state index contributed by atoms with van der Waals surface area (Å²) < 4.78 is 1.73. The molecular formula is C13H18N4O. The Morgan fingerprint density at radius 3 is 2.78 bits per heavy atom. The molecule has 0 atom stereocenters. The summed E-state index contributed by atoms with van der Waals surface area (Å²) in [7, 11) is 1.85. The van der Waals surface area contributed by atoms with Gasteiger partial charge in [0.05, 0.1) is 11.8 Å². The number of hydrogen-bond donors (Lipinski definition) is 1. The van der Waals surface area contributed by atoms with Crippen molar-refractivity contribution in [1.82, 2.24) is 15.1 Å². The quantitative estimate of drug-likeness (QED) is 0.877. The Bertz CT molecular complexity index is 492. The van der Waals surface area contributed by atoms with Crippen LogP contribution in [0.15, 0.2) is 6.20 Å². The van der Waals surface area contributed by atoms with Gasteiger partial charge in [0.2, 0.25) is 5.91 Å². The molecule has 2 rings (SSSR count). The van der Waals surface area contributed by atoms with Gasteiger partial charge in [-0.2, -0.15) is 10.4 Å². The highest BCUT2D eigenvalue weighted by molar-refractivity contribution is 5.85. The highest BCUT2D eigenvalue weighted by Crippen LogP contribution is 2.37. The molecule has 1 aliphatic carbocycles. The molecule has 0 saturated heterocycles. The van der Waals surface area contributed by atoms with E-state index in [1.165, 1.54) is 0 Å². The van der Waals surface area contributed by atoms with Gasteiger partial charge < -0.3 is 5.32 Å². The minimum absolute atomic E-state index is 0.134. The second-order valence-electron chi connectivity index (χ2n) is 5.00. The van der Waals surface area contributed by atoms with Crippen LogP contribution in [0.25, 0.3) is 0 Å². The number of carbonyl (C=O) groups is 1. The first-order valence-electron chi connectivity index (χ1n) is 6.26. The van der Waals surface area contributed by atoms with E-state index in [-0.39, 0.29) is 5.91 Å². The van der Waals surface area contributed by atoms with Gasteiger partial charge in [0.15, 0.2) is 0 Å². The van der Waals surface area contributed by atoms with Gasteiger partial charge in [0.1, 0.15) is 5.41 Å². The van der Waals surface area contributed by atoms with Crippen molar-refractivity contribution >= 4 is 5.91 Å².